The van der Waals surface area contributed by atoms with Gasteiger partial charge in [0.2, 0.25) is 5.91 Å². The van der Waals surface area contributed by atoms with E-state index in [0.717, 1.165) is 30.7 Å². The Morgan fingerprint density at radius 2 is 1.96 bits per heavy atom. The Morgan fingerprint density at radius 1 is 1.23 bits per heavy atom. The molecule has 2 heterocycles. The minimum Gasteiger partial charge on any atom is -0.497 e. The van der Waals surface area contributed by atoms with Gasteiger partial charge >= 0.3 is 5.97 Å². The zero-order valence-corrected chi connectivity index (χ0v) is 15.9. The number of ether oxygens (including phenoxy) is 2. The van der Waals surface area contributed by atoms with Crippen molar-refractivity contribution in [2.24, 2.45) is 0 Å². The third-order valence-corrected chi connectivity index (χ3v) is 5.82. The first kappa shape index (κ1) is 18.7. The highest BCUT2D eigenvalue weighted by Crippen LogP contribution is 2.43. The lowest BCUT2D eigenvalue weighted by Crippen LogP contribution is -2.53. The highest BCUT2D eigenvalue weighted by atomic mass is 16.5. The smallest absolute Gasteiger partial charge is 0.326 e. The molecule has 2 aliphatic rings. The number of benzene rings is 1. The summed E-state index contributed by atoms with van der Waals surface area (Å²) in [5.41, 5.74) is 0.480. The number of methoxy groups -OCH3 is 2. The van der Waals surface area contributed by atoms with Crippen LogP contribution in [0.1, 0.15) is 38.2 Å². The van der Waals surface area contributed by atoms with Crippen LogP contribution in [0.25, 0.3) is 0 Å². The van der Waals surface area contributed by atoms with Gasteiger partial charge < -0.3 is 14.4 Å². The van der Waals surface area contributed by atoms with Crippen molar-refractivity contribution < 1.29 is 19.1 Å². The molecule has 6 nitrogen and oxygen atoms in total. The van der Waals surface area contributed by atoms with Gasteiger partial charge in [-0.25, -0.2) is 0 Å². The standard InChI is InChI=1S/C20H28N2O4/c1-4-21(14-15-6-8-16(25-2)9-7-15)18(23)17-10-12-20(19(24)26-3)11-5-13-22(17)20/h6-9,17H,4-5,10-14H2,1-3H3/t17-,20+/m0/s1. The van der Waals surface area contributed by atoms with Gasteiger partial charge in [0.1, 0.15) is 11.3 Å². The Kier molecular flexibility index (Phi) is 5.51. The number of carbonyl (C=O) groups is 2. The lowest BCUT2D eigenvalue weighted by molar-refractivity contribution is -0.153. The van der Waals surface area contributed by atoms with E-state index < -0.39 is 5.54 Å². The molecule has 2 aliphatic heterocycles. The van der Waals surface area contributed by atoms with E-state index in [1.54, 1.807) is 7.11 Å². The fraction of sp³-hybridized carbons (Fsp3) is 0.600. The van der Waals surface area contributed by atoms with Gasteiger partial charge in [-0.1, -0.05) is 12.1 Å². The monoisotopic (exact) mass is 360 g/mol. The molecule has 0 aromatic heterocycles. The maximum atomic E-state index is 13.2. The van der Waals surface area contributed by atoms with Crippen LogP contribution in [0.3, 0.4) is 0 Å². The number of carbonyl (C=O) groups excluding carboxylic acids is 2. The molecule has 0 spiro atoms. The number of rotatable bonds is 6. The molecule has 0 unspecified atom stereocenters. The Bertz CT molecular complexity index is 660. The number of hydrogen-bond donors (Lipinski definition) is 0. The second-order valence-corrected chi connectivity index (χ2v) is 7.08. The van der Waals surface area contributed by atoms with Crippen molar-refractivity contribution in [3.05, 3.63) is 29.8 Å². The maximum Gasteiger partial charge on any atom is 0.326 e. The maximum absolute atomic E-state index is 13.2. The van der Waals surface area contributed by atoms with Crippen LogP contribution >= 0.6 is 0 Å². The van der Waals surface area contributed by atoms with E-state index in [1.807, 2.05) is 36.1 Å². The van der Waals surface area contributed by atoms with Crippen molar-refractivity contribution in [1.29, 1.82) is 0 Å². The van der Waals surface area contributed by atoms with Gasteiger partial charge in [-0.3, -0.25) is 14.5 Å². The van der Waals surface area contributed by atoms with E-state index in [2.05, 4.69) is 4.90 Å². The third-order valence-electron chi connectivity index (χ3n) is 5.82. The summed E-state index contributed by atoms with van der Waals surface area (Å²) in [5.74, 6) is 0.721. The van der Waals surface area contributed by atoms with E-state index in [9.17, 15) is 9.59 Å². The first-order chi connectivity index (χ1) is 12.6. The van der Waals surface area contributed by atoms with E-state index in [0.29, 0.717) is 25.9 Å². The molecule has 0 saturated carbocycles. The molecule has 26 heavy (non-hydrogen) atoms. The fourth-order valence-electron chi connectivity index (χ4n) is 4.43. The zero-order valence-electron chi connectivity index (χ0n) is 15.9. The molecule has 1 amide bonds. The summed E-state index contributed by atoms with van der Waals surface area (Å²) in [4.78, 5) is 29.6. The summed E-state index contributed by atoms with van der Waals surface area (Å²) in [6.45, 7) is 3.98. The van der Waals surface area contributed by atoms with Gasteiger partial charge in [-0.15, -0.1) is 0 Å². The minimum atomic E-state index is -0.589. The van der Waals surface area contributed by atoms with E-state index in [-0.39, 0.29) is 17.9 Å². The Morgan fingerprint density at radius 3 is 2.58 bits per heavy atom. The molecule has 0 radical (unpaired) electrons. The average Bonchev–Trinajstić information content (AvgIpc) is 3.25. The van der Waals surface area contributed by atoms with Crippen LogP contribution in [-0.2, 0) is 20.9 Å². The Hall–Kier alpha value is -2.08. The lowest BCUT2D eigenvalue weighted by atomic mass is 9.94. The summed E-state index contributed by atoms with van der Waals surface area (Å²) >= 11 is 0. The number of fused-ring (bicyclic) bond motifs is 1. The molecule has 6 heteroatoms. The van der Waals surface area contributed by atoms with Crippen LogP contribution in [0.5, 0.6) is 5.75 Å². The molecule has 0 aliphatic carbocycles. The Labute approximate surface area is 155 Å². The van der Waals surface area contributed by atoms with Crippen LogP contribution in [0, 0.1) is 0 Å². The van der Waals surface area contributed by atoms with Crippen LogP contribution < -0.4 is 4.74 Å². The summed E-state index contributed by atoms with van der Waals surface area (Å²) in [6, 6.07) is 7.56. The number of esters is 1. The van der Waals surface area contributed by atoms with Crippen LogP contribution in [-0.4, -0.2) is 60.6 Å². The second kappa shape index (κ2) is 7.66. The third kappa shape index (κ3) is 3.18. The van der Waals surface area contributed by atoms with E-state index in [1.165, 1.54) is 7.11 Å². The first-order valence-corrected chi connectivity index (χ1v) is 9.32. The normalized spacial score (nSPS) is 25.0. The largest absolute Gasteiger partial charge is 0.497 e. The highest BCUT2D eigenvalue weighted by Gasteiger charge is 2.57. The van der Waals surface area contributed by atoms with E-state index >= 15 is 0 Å². The fourth-order valence-corrected chi connectivity index (χ4v) is 4.43. The molecule has 2 fully saturated rings. The number of nitrogens with zero attached hydrogens (tertiary/aromatic N) is 2. The van der Waals surface area contributed by atoms with Crippen molar-refractivity contribution in [1.82, 2.24) is 9.80 Å². The summed E-state index contributed by atoms with van der Waals surface area (Å²) in [5, 5.41) is 0. The average molecular weight is 360 g/mol. The SMILES string of the molecule is CCN(Cc1ccc(OC)cc1)C(=O)[C@@H]1CC[C@@]2(C(=O)OC)CCCN12. The number of hydrogen-bond acceptors (Lipinski definition) is 5. The predicted molar refractivity (Wildman–Crippen MR) is 97.8 cm³/mol. The van der Waals surface area contributed by atoms with Crippen molar-refractivity contribution in [2.45, 2.75) is 50.7 Å². The predicted octanol–water partition coefficient (Wildman–Crippen LogP) is 2.21. The molecular formula is C20H28N2O4. The van der Waals surface area contributed by atoms with Gasteiger partial charge in [0.05, 0.1) is 20.3 Å². The second-order valence-electron chi connectivity index (χ2n) is 7.08. The van der Waals surface area contributed by atoms with Crippen molar-refractivity contribution in [3.8, 4) is 5.75 Å². The summed E-state index contributed by atoms with van der Waals surface area (Å²) < 4.78 is 10.2. The molecule has 142 valence electrons. The summed E-state index contributed by atoms with van der Waals surface area (Å²) in [6.07, 6.45) is 3.14. The van der Waals surface area contributed by atoms with Crippen molar-refractivity contribution in [2.75, 3.05) is 27.3 Å². The van der Waals surface area contributed by atoms with E-state index in [4.69, 9.17) is 9.47 Å². The number of likely N-dealkylation sites (N-methyl/N-ethyl adjacent to an activating group) is 1. The molecule has 0 bridgehead atoms. The van der Waals surface area contributed by atoms with Crippen molar-refractivity contribution >= 4 is 11.9 Å². The van der Waals surface area contributed by atoms with Gasteiger partial charge in [0, 0.05) is 19.6 Å². The quantitative estimate of drug-likeness (QED) is 0.728. The highest BCUT2D eigenvalue weighted by molar-refractivity contribution is 5.87. The van der Waals surface area contributed by atoms with Crippen molar-refractivity contribution in [3.63, 3.8) is 0 Å². The molecule has 2 saturated heterocycles. The first-order valence-electron chi connectivity index (χ1n) is 9.32. The van der Waals surface area contributed by atoms with Gasteiger partial charge in [-0.05, 0) is 50.3 Å². The van der Waals surface area contributed by atoms with Gasteiger partial charge in [0.25, 0.3) is 0 Å². The topological polar surface area (TPSA) is 59.1 Å². The Balaban J connectivity index is 1.73. The summed E-state index contributed by atoms with van der Waals surface area (Å²) in [7, 11) is 3.07. The molecule has 1 aromatic carbocycles. The molecule has 2 atom stereocenters. The number of amides is 1. The molecule has 0 N–H and O–H groups in total. The molecular weight excluding hydrogens is 332 g/mol. The van der Waals surface area contributed by atoms with Crippen LogP contribution in [0.2, 0.25) is 0 Å². The zero-order chi connectivity index (χ0) is 18.7. The molecule has 3 rings (SSSR count). The lowest BCUT2D eigenvalue weighted by Gasteiger charge is -2.34. The minimum absolute atomic E-state index is 0.107. The van der Waals surface area contributed by atoms with Crippen LogP contribution in [0.4, 0.5) is 0 Å². The van der Waals surface area contributed by atoms with Gasteiger partial charge in [0.15, 0.2) is 0 Å². The van der Waals surface area contributed by atoms with Gasteiger partial charge in [-0.2, -0.15) is 0 Å². The van der Waals surface area contributed by atoms with Crippen LogP contribution in [0.15, 0.2) is 24.3 Å². The molecule has 1 aromatic rings.